The second-order valence-electron chi connectivity index (χ2n) is 9.83. The average molecular weight is 499 g/mol. The van der Waals surface area contributed by atoms with Gasteiger partial charge in [-0.2, -0.15) is 5.26 Å². The quantitative estimate of drug-likeness (QED) is 0.375. The summed E-state index contributed by atoms with van der Waals surface area (Å²) in [5, 5.41) is 15.8. The van der Waals surface area contributed by atoms with E-state index in [0.29, 0.717) is 32.2 Å². The number of hydrogen-bond acceptors (Lipinski definition) is 6. The van der Waals surface area contributed by atoms with E-state index in [9.17, 15) is 0 Å². The number of benzene rings is 1. The van der Waals surface area contributed by atoms with Gasteiger partial charge in [0.2, 0.25) is 0 Å². The molecular formula is C25H24Cl2N4OS. The van der Waals surface area contributed by atoms with Crippen LogP contribution in [0.3, 0.4) is 0 Å². The third-order valence-corrected chi connectivity index (χ3v) is 9.19. The zero-order chi connectivity index (χ0) is 22.6. The van der Waals surface area contributed by atoms with Gasteiger partial charge in [0.05, 0.1) is 16.2 Å². The molecule has 5 nitrogen and oxygen atoms in total. The van der Waals surface area contributed by atoms with Gasteiger partial charge in [0.1, 0.15) is 22.4 Å². The van der Waals surface area contributed by atoms with Crippen molar-refractivity contribution < 1.29 is 4.52 Å². The first kappa shape index (κ1) is 21.5. The van der Waals surface area contributed by atoms with Crippen molar-refractivity contribution in [3.8, 4) is 17.3 Å². The minimum Gasteiger partial charge on any atom is -0.360 e. The fourth-order valence-electron chi connectivity index (χ4n) is 5.75. The molecule has 0 radical (unpaired) electrons. The number of piperidine rings is 1. The van der Waals surface area contributed by atoms with E-state index in [2.05, 4.69) is 21.1 Å². The van der Waals surface area contributed by atoms with Crippen LogP contribution in [0.5, 0.6) is 0 Å². The van der Waals surface area contributed by atoms with Crippen LogP contribution in [0, 0.1) is 22.7 Å². The van der Waals surface area contributed by atoms with Crippen LogP contribution in [0.15, 0.2) is 28.9 Å². The van der Waals surface area contributed by atoms with Crippen molar-refractivity contribution in [1.29, 1.82) is 5.26 Å². The standard InChI is InChI=1S/C25H24Cl2N4OS/c26-19-2-1-3-20(27)21(19)22-18(23(32-30-22)16-4-5-16)10-15-11-25(12-15)6-8-31(9-7-25)24-29-14-17(13-28)33-24/h1-3,14-16H,4-12H2. The monoisotopic (exact) mass is 498 g/mol. The van der Waals surface area contributed by atoms with Crippen molar-refractivity contribution in [3.63, 3.8) is 0 Å². The van der Waals surface area contributed by atoms with E-state index >= 15 is 0 Å². The van der Waals surface area contributed by atoms with E-state index in [1.54, 1.807) is 6.20 Å². The first-order chi connectivity index (χ1) is 16.0. The van der Waals surface area contributed by atoms with Crippen molar-refractivity contribution in [2.24, 2.45) is 11.3 Å². The molecule has 3 fully saturated rings. The van der Waals surface area contributed by atoms with Crippen LogP contribution >= 0.6 is 34.5 Å². The summed E-state index contributed by atoms with van der Waals surface area (Å²) < 4.78 is 5.86. The Balaban J connectivity index is 1.16. The first-order valence-electron chi connectivity index (χ1n) is 11.6. The molecule has 2 aliphatic carbocycles. The minimum atomic E-state index is 0.440. The molecule has 0 atom stereocenters. The van der Waals surface area contributed by atoms with E-state index in [1.807, 2.05) is 18.2 Å². The molecule has 0 N–H and O–H groups in total. The van der Waals surface area contributed by atoms with Gasteiger partial charge in [-0.1, -0.05) is 45.8 Å². The van der Waals surface area contributed by atoms with Gasteiger partial charge in [0.15, 0.2) is 5.13 Å². The SMILES string of the molecule is N#Cc1cnc(N2CCC3(CC2)CC(Cc2c(-c4c(Cl)cccc4Cl)noc2C2CC2)C3)s1. The third kappa shape index (κ3) is 3.95. The Kier molecular flexibility index (Phi) is 5.40. The maximum atomic E-state index is 9.07. The summed E-state index contributed by atoms with van der Waals surface area (Å²) in [6.07, 6.45) is 9.87. The molecule has 0 bridgehead atoms. The lowest BCUT2D eigenvalue weighted by atomic mass is 9.56. The normalized spacial score (nSPS) is 20.1. The molecule has 2 saturated carbocycles. The number of thiazole rings is 1. The predicted octanol–water partition coefficient (Wildman–Crippen LogP) is 7.09. The molecule has 0 amide bonds. The van der Waals surface area contributed by atoms with E-state index in [4.69, 9.17) is 33.0 Å². The molecule has 3 aromatic rings. The zero-order valence-corrected chi connectivity index (χ0v) is 20.5. The maximum absolute atomic E-state index is 9.07. The molecule has 170 valence electrons. The smallest absolute Gasteiger partial charge is 0.186 e. The molecular weight excluding hydrogens is 475 g/mol. The van der Waals surface area contributed by atoms with E-state index in [1.165, 1.54) is 55.4 Å². The third-order valence-electron chi connectivity index (χ3n) is 7.60. The van der Waals surface area contributed by atoms with Gasteiger partial charge >= 0.3 is 0 Å². The Morgan fingerprint density at radius 2 is 1.91 bits per heavy atom. The van der Waals surface area contributed by atoms with Crippen LogP contribution in [-0.2, 0) is 6.42 Å². The molecule has 3 heterocycles. The van der Waals surface area contributed by atoms with Gasteiger partial charge in [0.25, 0.3) is 0 Å². The molecule has 6 rings (SSSR count). The number of anilines is 1. The molecule has 3 aliphatic rings. The van der Waals surface area contributed by atoms with Crippen LogP contribution in [0.4, 0.5) is 5.13 Å². The fraction of sp³-hybridized carbons (Fsp3) is 0.480. The highest BCUT2D eigenvalue weighted by Gasteiger charge is 2.47. The molecule has 1 aliphatic heterocycles. The largest absolute Gasteiger partial charge is 0.360 e. The summed E-state index contributed by atoms with van der Waals surface area (Å²) in [5.74, 6) is 2.18. The van der Waals surface area contributed by atoms with Gasteiger partial charge in [-0.05, 0) is 68.4 Å². The zero-order valence-electron chi connectivity index (χ0n) is 18.2. The average Bonchev–Trinajstić information content (AvgIpc) is 3.38. The van der Waals surface area contributed by atoms with Crippen LogP contribution < -0.4 is 4.90 Å². The topological polar surface area (TPSA) is 66.0 Å². The fourth-order valence-corrected chi connectivity index (χ4v) is 7.09. The predicted molar refractivity (Wildman–Crippen MR) is 131 cm³/mol. The van der Waals surface area contributed by atoms with Crippen molar-refractivity contribution in [2.45, 2.75) is 50.9 Å². The van der Waals surface area contributed by atoms with Crippen molar-refractivity contribution in [2.75, 3.05) is 18.0 Å². The number of aromatic nitrogens is 2. The van der Waals surface area contributed by atoms with Crippen LogP contribution in [0.1, 0.15) is 60.6 Å². The van der Waals surface area contributed by atoms with Crippen molar-refractivity contribution in [3.05, 3.63) is 50.6 Å². The highest BCUT2D eigenvalue weighted by molar-refractivity contribution is 7.16. The number of halogens is 2. The summed E-state index contributed by atoms with van der Waals surface area (Å²) in [4.78, 5) is 7.46. The van der Waals surface area contributed by atoms with Crippen LogP contribution in [0.25, 0.3) is 11.3 Å². The summed E-state index contributed by atoms with van der Waals surface area (Å²) >= 11 is 14.5. The summed E-state index contributed by atoms with van der Waals surface area (Å²) in [7, 11) is 0. The molecule has 1 spiro atoms. The van der Waals surface area contributed by atoms with Gasteiger partial charge in [-0.25, -0.2) is 4.98 Å². The molecule has 1 aromatic carbocycles. The molecule has 33 heavy (non-hydrogen) atoms. The van der Waals surface area contributed by atoms with E-state index in [0.717, 1.165) is 41.7 Å². The highest BCUT2D eigenvalue weighted by Crippen LogP contribution is 2.55. The molecule has 0 unspecified atom stereocenters. The molecule has 1 saturated heterocycles. The van der Waals surface area contributed by atoms with Gasteiger partial charge in [0, 0.05) is 30.1 Å². The van der Waals surface area contributed by atoms with Gasteiger partial charge < -0.3 is 9.42 Å². The van der Waals surface area contributed by atoms with E-state index in [-0.39, 0.29) is 0 Å². The number of hydrogen-bond donors (Lipinski definition) is 0. The molecule has 2 aromatic heterocycles. The number of nitrogens with zero attached hydrogens (tertiary/aromatic N) is 4. The highest BCUT2D eigenvalue weighted by atomic mass is 35.5. The van der Waals surface area contributed by atoms with E-state index < -0.39 is 0 Å². The van der Waals surface area contributed by atoms with Crippen molar-refractivity contribution >= 4 is 39.7 Å². The lowest BCUT2D eigenvalue weighted by molar-refractivity contribution is 0.0282. The van der Waals surface area contributed by atoms with Crippen molar-refractivity contribution in [1.82, 2.24) is 10.1 Å². The minimum absolute atomic E-state index is 0.440. The Morgan fingerprint density at radius 1 is 1.18 bits per heavy atom. The van der Waals surface area contributed by atoms with Crippen LogP contribution in [0.2, 0.25) is 10.0 Å². The Morgan fingerprint density at radius 3 is 2.55 bits per heavy atom. The first-order valence-corrected chi connectivity index (χ1v) is 13.2. The summed E-state index contributed by atoms with van der Waals surface area (Å²) in [6.45, 7) is 2.04. The summed E-state index contributed by atoms with van der Waals surface area (Å²) in [5.41, 5.74) is 3.29. The Bertz CT molecular complexity index is 1210. The Hall–Kier alpha value is -2.07. The number of nitriles is 1. The second kappa shape index (κ2) is 8.30. The Labute approximate surface area is 207 Å². The lowest BCUT2D eigenvalue weighted by Gasteiger charge is -2.52. The lowest BCUT2D eigenvalue weighted by Crippen LogP contribution is -2.47. The maximum Gasteiger partial charge on any atom is 0.186 e. The molecule has 8 heteroatoms. The summed E-state index contributed by atoms with van der Waals surface area (Å²) in [6, 6.07) is 7.79. The number of rotatable bonds is 5. The van der Waals surface area contributed by atoms with Gasteiger partial charge in [-0.15, -0.1) is 0 Å². The van der Waals surface area contributed by atoms with Crippen LogP contribution in [-0.4, -0.2) is 23.2 Å². The van der Waals surface area contributed by atoms with Gasteiger partial charge in [-0.3, -0.25) is 0 Å². The second-order valence-corrected chi connectivity index (χ2v) is 11.7.